The van der Waals surface area contributed by atoms with Gasteiger partial charge in [-0.2, -0.15) is 11.8 Å². The first kappa shape index (κ1) is 10.6. The van der Waals surface area contributed by atoms with Gasteiger partial charge in [0.25, 0.3) is 0 Å². The molecule has 0 radical (unpaired) electrons. The second-order valence-electron chi connectivity index (χ2n) is 3.07. The Hall–Kier alpha value is -0.510. The monoisotopic (exact) mass is 196 g/mol. The molecule has 0 saturated heterocycles. The molecule has 72 valence electrons. The van der Waals surface area contributed by atoms with Crippen molar-refractivity contribution in [2.75, 3.05) is 5.75 Å². The normalized spacial score (nSPS) is 12.8. The highest BCUT2D eigenvalue weighted by atomic mass is 32.2. The van der Waals surface area contributed by atoms with Crippen LogP contribution in [0.2, 0.25) is 0 Å². The molecule has 0 bridgehead atoms. The van der Waals surface area contributed by atoms with Crippen molar-refractivity contribution in [2.24, 2.45) is 5.84 Å². The molecule has 3 N–H and O–H groups in total. The molecule has 0 aromatic heterocycles. The van der Waals surface area contributed by atoms with Gasteiger partial charge in [-0.1, -0.05) is 30.3 Å². The van der Waals surface area contributed by atoms with Gasteiger partial charge in [0.05, 0.1) is 0 Å². The average Bonchev–Trinajstić information content (AvgIpc) is 2.19. The minimum absolute atomic E-state index is 0.383. The lowest BCUT2D eigenvalue weighted by atomic mass is 10.2. The van der Waals surface area contributed by atoms with Crippen molar-refractivity contribution in [2.45, 2.75) is 18.7 Å². The van der Waals surface area contributed by atoms with E-state index in [1.54, 1.807) is 0 Å². The van der Waals surface area contributed by atoms with Crippen molar-refractivity contribution in [3.05, 3.63) is 35.9 Å². The second-order valence-corrected chi connectivity index (χ2v) is 4.10. The zero-order valence-electron chi connectivity index (χ0n) is 7.86. The number of hydrogen-bond acceptors (Lipinski definition) is 3. The minimum Gasteiger partial charge on any atom is -0.271 e. The maximum absolute atomic E-state index is 5.29. The summed E-state index contributed by atoms with van der Waals surface area (Å²) in [5, 5.41) is 0. The first-order chi connectivity index (χ1) is 6.33. The van der Waals surface area contributed by atoms with Gasteiger partial charge in [0.15, 0.2) is 0 Å². The fraction of sp³-hybridized carbons (Fsp3) is 0.400. The summed E-state index contributed by atoms with van der Waals surface area (Å²) in [6.07, 6.45) is 0. The molecule has 0 amide bonds. The number of nitrogens with one attached hydrogen (secondary N) is 1. The minimum atomic E-state index is 0.383. The van der Waals surface area contributed by atoms with E-state index >= 15 is 0 Å². The molecule has 0 unspecified atom stereocenters. The van der Waals surface area contributed by atoms with Gasteiger partial charge in [0, 0.05) is 17.5 Å². The van der Waals surface area contributed by atoms with Crippen LogP contribution in [0.3, 0.4) is 0 Å². The molecular formula is C10H16N2S. The van der Waals surface area contributed by atoms with E-state index in [-0.39, 0.29) is 0 Å². The van der Waals surface area contributed by atoms with Crippen LogP contribution in [0.5, 0.6) is 0 Å². The molecule has 1 aromatic carbocycles. The van der Waals surface area contributed by atoms with Crippen LogP contribution >= 0.6 is 11.8 Å². The molecule has 2 nitrogen and oxygen atoms in total. The van der Waals surface area contributed by atoms with Crippen LogP contribution in [-0.4, -0.2) is 11.8 Å². The van der Waals surface area contributed by atoms with E-state index in [1.807, 2.05) is 17.8 Å². The quantitative estimate of drug-likeness (QED) is 0.557. The first-order valence-electron chi connectivity index (χ1n) is 4.40. The molecule has 0 spiro atoms. The highest BCUT2D eigenvalue weighted by molar-refractivity contribution is 7.98. The van der Waals surface area contributed by atoms with E-state index in [0.29, 0.717) is 6.04 Å². The number of benzene rings is 1. The standard InChI is InChI=1S/C10H16N2S/c1-9(12-11)7-13-8-10-5-3-2-4-6-10/h2-6,9,12H,7-8,11H2,1H3/t9-/m0/s1. The Kier molecular flexibility index (Phi) is 4.90. The largest absolute Gasteiger partial charge is 0.271 e. The molecule has 0 aliphatic heterocycles. The lowest BCUT2D eigenvalue weighted by molar-refractivity contribution is 0.625. The molecule has 1 aromatic rings. The predicted octanol–water partition coefficient (Wildman–Crippen LogP) is 1.77. The van der Waals surface area contributed by atoms with Gasteiger partial charge in [-0.15, -0.1) is 0 Å². The summed E-state index contributed by atoms with van der Waals surface area (Å²) in [6.45, 7) is 2.08. The SMILES string of the molecule is C[C@@H](CSCc1ccccc1)NN. The number of thioether (sulfide) groups is 1. The molecule has 0 fully saturated rings. The molecule has 13 heavy (non-hydrogen) atoms. The van der Waals surface area contributed by atoms with Gasteiger partial charge in [0.2, 0.25) is 0 Å². The summed E-state index contributed by atoms with van der Waals surface area (Å²) in [7, 11) is 0. The highest BCUT2D eigenvalue weighted by Gasteiger charge is 1.98. The summed E-state index contributed by atoms with van der Waals surface area (Å²) in [5.74, 6) is 7.40. The van der Waals surface area contributed by atoms with Crippen LogP contribution < -0.4 is 11.3 Å². The Bertz CT molecular complexity index is 226. The molecule has 0 heterocycles. The highest BCUT2D eigenvalue weighted by Crippen LogP contribution is 2.12. The molecule has 1 rings (SSSR count). The Labute approximate surface area is 83.9 Å². The number of hydrogen-bond donors (Lipinski definition) is 2. The van der Waals surface area contributed by atoms with Crippen LogP contribution in [0.1, 0.15) is 12.5 Å². The van der Waals surface area contributed by atoms with Crippen molar-refractivity contribution < 1.29 is 0 Å². The molecular weight excluding hydrogens is 180 g/mol. The van der Waals surface area contributed by atoms with E-state index in [0.717, 1.165) is 11.5 Å². The predicted molar refractivity (Wildman–Crippen MR) is 59.4 cm³/mol. The third-order valence-corrected chi connectivity index (χ3v) is 3.04. The van der Waals surface area contributed by atoms with Gasteiger partial charge < -0.3 is 0 Å². The molecule has 1 atom stereocenters. The van der Waals surface area contributed by atoms with E-state index in [9.17, 15) is 0 Å². The maximum atomic E-state index is 5.29. The first-order valence-corrected chi connectivity index (χ1v) is 5.56. The zero-order chi connectivity index (χ0) is 9.52. The Morgan fingerprint density at radius 1 is 1.38 bits per heavy atom. The van der Waals surface area contributed by atoms with Crippen molar-refractivity contribution in [3.63, 3.8) is 0 Å². The Morgan fingerprint density at radius 2 is 2.08 bits per heavy atom. The van der Waals surface area contributed by atoms with Crippen molar-refractivity contribution in [3.8, 4) is 0 Å². The van der Waals surface area contributed by atoms with Crippen molar-refractivity contribution in [1.29, 1.82) is 0 Å². The molecule has 3 heteroatoms. The average molecular weight is 196 g/mol. The lowest BCUT2D eigenvalue weighted by Crippen LogP contribution is -2.34. The van der Waals surface area contributed by atoms with Crippen molar-refractivity contribution in [1.82, 2.24) is 5.43 Å². The number of rotatable bonds is 5. The van der Waals surface area contributed by atoms with Crippen LogP contribution in [-0.2, 0) is 5.75 Å². The summed E-state index contributed by atoms with van der Waals surface area (Å²) in [6, 6.07) is 10.9. The Balaban J connectivity index is 2.20. The molecule has 0 saturated carbocycles. The van der Waals surface area contributed by atoms with Gasteiger partial charge >= 0.3 is 0 Å². The van der Waals surface area contributed by atoms with E-state index in [2.05, 4.69) is 36.6 Å². The summed E-state index contributed by atoms with van der Waals surface area (Å²) < 4.78 is 0. The van der Waals surface area contributed by atoms with Crippen LogP contribution in [0.25, 0.3) is 0 Å². The van der Waals surface area contributed by atoms with Gasteiger partial charge in [-0.3, -0.25) is 11.3 Å². The van der Waals surface area contributed by atoms with Gasteiger partial charge in [0.1, 0.15) is 0 Å². The van der Waals surface area contributed by atoms with Gasteiger partial charge in [-0.25, -0.2) is 0 Å². The van der Waals surface area contributed by atoms with Crippen LogP contribution in [0, 0.1) is 0 Å². The molecule has 0 aliphatic rings. The van der Waals surface area contributed by atoms with E-state index < -0.39 is 0 Å². The Morgan fingerprint density at radius 3 is 2.69 bits per heavy atom. The fourth-order valence-electron chi connectivity index (χ4n) is 0.976. The smallest absolute Gasteiger partial charge is 0.0272 e. The van der Waals surface area contributed by atoms with Crippen molar-refractivity contribution >= 4 is 11.8 Å². The number of hydrazine groups is 1. The van der Waals surface area contributed by atoms with Crippen LogP contribution in [0.15, 0.2) is 30.3 Å². The fourth-order valence-corrected chi connectivity index (χ4v) is 1.97. The topological polar surface area (TPSA) is 38.0 Å². The van der Waals surface area contributed by atoms with E-state index in [4.69, 9.17) is 5.84 Å². The summed E-state index contributed by atoms with van der Waals surface area (Å²) in [5.41, 5.74) is 4.10. The zero-order valence-corrected chi connectivity index (χ0v) is 8.68. The van der Waals surface area contributed by atoms with Crippen LogP contribution in [0.4, 0.5) is 0 Å². The second kappa shape index (κ2) is 6.02. The third-order valence-electron chi connectivity index (χ3n) is 1.76. The van der Waals surface area contributed by atoms with Gasteiger partial charge in [-0.05, 0) is 12.5 Å². The molecule has 0 aliphatic carbocycles. The van der Waals surface area contributed by atoms with E-state index in [1.165, 1.54) is 5.56 Å². The summed E-state index contributed by atoms with van der Waals surface area (Å²) >= 11 is 1.90. The number of nitrogens with two attached hydrogens (primary N) is 1. The maximum Gasteiger partial charge on any atom is 0.0272 e. The lowest BCUT2D eigenvalue weighted by Gasteiger charge is -2.08. The third kappa shape index (κ3) is 4.31. The summed E-state index contributed by atoms with van der Waals surface area (Å²) in [4.78, 5) is 0.